The molecule has 2 aliphatic carbocycles. The van der Waals surface area contributed by atoms with Gasteiger partial charge >= 0.3 is 0 Å². The summed E-state index contributed by atoms with van der Waals surface area (Å²) in [5, 5.41) is 3.11. The Bertz CT molecular complexity index is 3510. The lowest BCUT2D eigenvalue weighted by molar-refractivity contribution is 0.769. The Balaban J connectivity index is 1.09. The molecule has 3 heteroatoms. The van der Waals surface area contributed by atoms with Crippen LogP contribution in [0.25, 0.3) is 59.1 Å². The van der Waals surface area contributed by atoms with Gasteiger partial charge in [0.15, 0.2) is 0 Å². The SMILES string of the molecule is C1=CCC2Sc3ccc(N(c4ccccc4)c4ccc5c(c4)C(c4ccccc4)(c4cccc(-c6ccccc6)c4)c4cccc(-c6ccc7sc8ccccc8c7c6)c4-5)cc3C2=C1. The van der Waals surface area contributed by atoms with Crippen molar-refractivity contribution in [1.82, 2.24) is 0 Å². The van der Waals surface area contributed by atoms with Crippen molar-refractivity contribution in [3.63, 3.8) is 0 Å². The highest BCUT2D eigenvalue weighted by molar-refractivity contribution is 8.00. The summed E-state index contributed by atoms with van der Waals surface area (Å²) in [7, 11) is 0. The Hall–Kier alpha value is -7.17. The van der Waals surface area contributed by atoms with Crippen molar-refractivity contribution in [3.05, 3.63) is 258 Å². The van der Waals surface area contributed by atoms with E-state index in [0.29, 0.717) is 5.25 Å². The third-order valence-corrected chi connectivity index (χ3v) is 16.1. The van der Waals surface area contributed by atoms with Crippen LogP contribution in [-0.4, -0.2) is 5.25 Å². The van der Waals surface area contributed by atoms with E-state index < -0.39 is 5.41 Å². The van der Waals surface area contributed by atoms with Crippen LogP contribution in [0.3, 0.4) is 0 Å². The lowest BCUT2D eigenvalue weighted by Crippen LogP contribution is -2.29. The van der Waals surface area contributed by atoms with Crippen molar-refractivity contribution in [2.24, 2.45) is 0 Å². The molecule has 64 heavy (non-hydrogen) atoms. The Morgan fingerprint density at radius 2 is 1.17 bits per heavy atom. The molecule has 0 spiro atoms. The number of allylic oxidation sites excluding steroid dienone is 3. The molecule has 1 aromatic heterocycles. The van der Waals surface area contributed by atoms with Gasteiger partial charge in [0.05, 0.1) is 5.41 Å². The van der Waals surface area contributed by atoms with Gasteiger partial charge in [0, 0.05) is 47.4 Å². The van der Waals surface area contributed by atoms with E-state index in [0.717, 1.165) is 23.5 Å². The molecule has 0 radical (unpaired) electrons. The molecule has 1 aliphatic heterocycles. The lowest BCUT2D eigenvalue weighted by Gasteiger charge is -2.35. The maximum atomic E-state index is 2.51. The number of nitrogens with zero attached hydrogens (tertiary/aromatic N) is 1. The molecule has 0 saturated heterocycles. The number of thiophene rings is 1. The van der Waals surface area contributed by atoms with Crippen LogP contribution in [0, 0.1) is 0 Å². The molecule has 0 saturated carbocycles. The van der Waals surface area contributed by atoms with Crippen molar-refractivity contribution in [2.45, 2.75) is 22.0 Å². The number of anilines is 3. The van der Waals surface area contributed by atoms with Gasteiger partial charge in [-0.15, -0.1) is 23.1 Å². The van der Waals surface area contributed by atoms with Gasteiger partial charge in [-0.1, -0.05) is 164 Å². The molecule has 13 rings (SSSR count). The van der Waals surface area contributed by atoms with Crippen LogP contribution in [0.5, 0.6) is 0 Å². The molecule has 0 amide bonds. The minimum Gasteiger partial charge on any atom is -0.310 e. The minimum absolute atomic E-state index is 0.477. The predicted octanol–water partition coefficient (Wildman–Crippen LogP) is 17.0. The van der Waals surface area contributed by atoms with E-state index >= 15 is 0 Å². The van der Waals surface area contributed by atoms with E-state index in [1.165, 1.54) is 91.8 Å². The summed E-state index contributed by atoms with van der Waals surface area (Å²) in [5.74, 6) is 0. The van der Waals surface area contributed by atoms with Gasteiger partial charge in [-0.3, -0.25) is 0 Å². The monoisotopic (exact) mass is 851 g/mol. The highest BCUT2D eigenvalue weighted by Crippen LogP contribution is 2.60. The largest absolute Gasteiger partial charge is 0.310 e. The molecule has 0 fully saturated rings. The first-order valence-electron chi connectivity index (χ1n) is 22.2. The number of hydrogen-bond donors (Lipinski definition) is 0. The predicted molar refractivity (Wildman–Crippen MR) is 274 cm³/mol. The van der Waals surface area contributed by atoms with E-state index in [-0.39, 0.29) is 0 Å². The summed E-state index contributed by atoms with van der Waals surface area (Å²) in [6.07, 6.45) is 7.92. The topological polar surface area (TPSA) is 3.24 Å². The Morgan fingerprint density at radius 1 is 0.453 bits per heavy atom. The average molecular weight is 852 g/mol. The van der Waals surface area contributed by atoms with E-state index in [1.54, 1.807) is 0 Å². The fourth-order valence-electron chi connectivity index (χ4n) is 10.8. The van der Waals surface area contributed by atoms with Crippen molar-refractivity contribution < 1.29 is 0 Å². The number of hydrogen-bond acceptors (Lipinski definition) is 3. The summed E-state index contributed by atoms with van der Waals surface area (Å²) in [6, 6.07) is 79.6. The third-order valence-electron chi connectivity index (χ3n) is 13.6. The number of thioether (sulfide) groups is 1. The van der Waals surface area contributed by atoms with Crippen LogP contribution in [0.15, 0.2) is 235 Å². The van der Waals surface area contributed by atoms with Crippen LogP contribution in [-0.2, 0) is 5.41 Å². The molecule has 9 aromatic carbocycles. The van der Waals surface area contributed by atoms with Crippen molar-refractivity contribution >= 4 is 65.9 Å². The maximum Gasteiger partial charge on any atom is 0.0714 e. The molecule has 10 aromatic rings. The van der Waals surface area contributed by atoms with Crippen molar-refractivity contribution in [1.29, 1.82) is 0 Å². The normalized spacial score (nSPS) is 16.9. The molecule has 302 valence electrons. The summed E-state index contributed by atoms with van der Waals surface area (Å²) in [4.78, 5) is 3.83. The van der Waals surface area contributed by atoms with Crippen LogP contribution in [0.1, 0.15) is 34.2 Å². The van der Waals surface area contributed by atoms with E-state index in [1.807, 2.05) is 23.1 Å². The molecule has 0 bridgehead atoms. The van der Waals surface area contributed by atoms with Crippen LogP contribution < -0.4 is 4.90 Å². The van der Waals surface area contributed by atoms with Gasteiger partial charge in [0.2, 0.25) is 0 Å². The quantitative estimate of drug-likeness (QED) is 0.157. The summed E-state index contributed by atoms with van der Waals surface area (Å²) >= 11 is 3.87. The van der Waals surface area contributed by atoms with Crippen LogP contribution >= 0.6 is 23.1 Å². The summed E-state index contributed by atoms with van der Waals surface area (Å²) in [6.45, 7) is 0. The number of rotatable bonds is 7. The molecule has 3 aliphatic rings. The second-order valence-electron chi connectivity index (χ2n) is 17.1. The molecule has 0 N–H and O–H groups in total. The number of benzene rings is 9. The fourth-order valence-corrected chi connectivity index (χ4v) is 13.2. The van der Waals surface area contributed by atoms with Crippen LogP contribution in [0.4, 0.5) is 17.1 Å². The van der Waals surface area contributed by atoms with Gasteiger partial charge in [-0.2, -0.15) is 0 Å². The minimum atomic E-state index is -0.634. The highest BCUT2D eigenvalue weighted by atomic mass is 32.2. The van der Waals surface area contributed by atoms with E-state index in [4.69, 9.17) is 0 Å². The van der Waals surface area contributed by atoms with Crippen LogP contribution in [0.2, 0.25) is 0 Å². The van der Waals surface area contributed by atoms with Gasteiger partial charge in [0.1, 0.15) is 0 Å². The molecule has 2 unspecified atom stereocenters. The molecular formula is C61H41NS2. The molecule has 2 atom stereocenters. The first kappa shape index (κ1) is 37.4. The Morgan fingerprint density at radius 3 is 2.05 bits per heavy atom. The van der Waals surface area contributed by atoms with E-state index in [2.05, 4.69) is 235 Å². The highest BCUT2D eigenvalue weighted by Gasteiger charge is 2.47. The standard InChI is InChI=1S/C61H41NS2/c1-4-16-40(17-5-1)41-18-14-21-44(36-41)61(43-19-6-2-7-20-43)54-27-15-26-48(42-30-34-58-52(37-42)49-24-10-12-28-56(49)63-58)60(54)51-33-31-47(39-55(51)61)62(45-22-8-3-9-23-45)46-32-35-59-53(38-46)50-25-11-13-29-57(50)64-59/h1-28,30-39,57H,29H2. The number of para-hydroxylation sites is 1. The maximum absolute atomic E-state index is 2.51. The van der Waals surface area contributed by atoms with Crippen molar-refractivity contribution in [3.8, 4) is 33.4 Å². The van der Waals surface area contributed by atoms with E-state index in [9.17, 15) is 0 Å². The molecule has 2 heterocycles. The lowest BCUT2D eigenvalue weighted by atomic mass is 9.67. The second-order valence-corrected chi connectivity index (χ2v) is 19.4. The first-order chi connectivity index (χ1) is 31.7. The van der Waals surface area contributed by atoms with Crippen molar-refractivity contribution in [2.75, 3.05) is 4.90 Å². The molecular weight excluding hydrogens is 811 g/mol. The molecule has 1 nitrogen and oxygen atoms in total. The zero-order chi connectivity index (χ0) is 42.2. The van der Waals surface area contributed by atoms with Gasteiger partial charge in [-0.05, 0) is 140 Å². The smallest absolute Gasteiger partial charge is 0.0714 e. The fraction of sp³-hybridized carbons (Fsp3) is 0.0492. The Labute approximate surface area is 382 Å². The number of fused-ring (bicyclic) bond motifs is 9. The van der Waals surface area contributed by atoms with Gasteiger partial charge < -0.3 is 4.90 Å². The van der Waals surface area contributed by atoms with Gasteiger partial charge in [-0.25, -0.2) is 0 Å². The summed E-state index contributed by atoms with van der Waals surface area (Å²) < 4.78 is 2.64. The zero-order valence-electron chi connectivity index (χ0n) is 35.0. The average Bonchev–Trinajstić information content (AvgIpc) is 4.03. The zero-order valence-corrected chi connectivity index (χ0v) is 36.6. The Kier molecular flexibility index (Phi) is 8.76. The summed E-state index contributed by atoms with van der Waals surface area (Å²) in [5.41, 5.74) is 18.1. The third kappa shape index (κ3) is 5.78. The van der Waals surface area contributed by atoms with Gasteiger partial charge in [0.25, 0.3) is 0 Å². The first-order valence-corrected chi connectivity index (χ1v) is 23.9. The second kappa shape index (κ2) is 15.0.